The van der Waals surface area contributed by atoms with Gasteiger partial charge in [-0.25, -0.2) is 9.97 Å². The van der Waals surface area contributed by atoms with Crippen molar-refractivity contribution in [1.29, 1.82) is 0 Å². The van der Waals surface area contributed by atoms with Gasteiger partial charge >= 0.3 is 5.69 Å². The number of methoxy groups -OCH3 is 1. The van der Waals surface area contributed by atoms with E-state index in [9.17, 15) is 10.1 Å². The maximum absolute atomic E-state index is 11.9. The highest BCUT2D eigenvalue weighted by molar-refractivity contribution is 6.33. The third-order valence-corrected chi connectivity index (χ3v) is 7.69. The van der Waals surface area contributed by atoms with E-state index in [1.807, 2.05) is 0 Å². The van der Waals surface area contributed by atoms with Crippen molar-refractivity contribution in [3.05, 3.63) is 63.4 Å². The van der Waals surface area contributed by atoms with Gasteiger partial charge in [-0.05, 0) is 44.3 Å². The van der Waals surface area contributed by atoms with Crippen LogP contribution < -0.4 is 14.8 Å². The first-order valence-electron chi connectivity index (χ1n) is 13.1. The van der Waals surface area contributed by atoms with Crippen molar-refractivity contribution in [3.8, 4) is 22.8 Å². The zero-order valence-electron chi connectivity index (χ0n) is 21.7. The van der Waals surface area contributed by atoms with Crippen LogP contribution in [0.2, 0.25) is 5.02 Å². The number of nitro groups is 1. The van der Waals surface area contributed by atoms with E-state index >= 15 is 0 Å². The number of benzene rings is 2. The lowest BCUT2D eigenvalue weighted by Gasteiger charge is -2.16. The Balaban J connectivity index is 1.31. The molecule has 1 fully saturated rings. The monoisotopic (exact) mass is 548 g/mol. The van der Waals surface area contributed by atoms with Gasteiger partial charge in [0, 0.05) is 42.4 Å². The number of nitrogens with zero attached hydrogens (tertiary/aromatic N) is 5. The summed E-state index contributed by atoms with van der Waals surface area (Å²) in [4.78, 5) is 22.8. The van der Waals surface area contributed by atoms with E-state index in [4.69, 9.17) is 26.1 Å². The topological polar surface area (TPSA) is 108 Å². The third-order valence-electron chi connectivity index (χ3n) is 7.41. The molecule has 1 saturated heterocycles. The molecule has 0 amide bonds. The first-order valence-corrected chi connectivity index (χ1v) is 13.5. The number of hydrogen-bond donors (Lipinski definition) is 1. The Kier molecular flexibility index (Phi) is 6.97. The number of anilines is 2. The lowest BCUT2D eigenvalue weighted by atomic mass is 10.0. The van der Waals surface area contributed by atoms with E-state index < -0.39 is 4.92 Å². The highest BCUT2D eigenvalue weighted by Gasteiger charge is 2.23. The number of halogens is 1. The van der Waals surface area contributed by atoms with Crippen molar-refractivity contribution in [2.45, 2.75) is 32.2 Å². The Bertz CT molecular complexity index is 1550. The summed E-state index contributed by atoms with van der Waals surface area (Å²) in [6, 6.07) is 9.23. The van der Waals surface area contributed by atoms with Crippen molar-refractivity contribution >= 4 is 39.8 Å². The van der Waals surface area contributed by atoms with Gasteiger partial charge in [0.2, 0.25) is 11.7 Å². The van der Waals surface area contributed by atoms with Gasteiger partial charge in [-0.2, -0.15) is 0 Å². The molecule has 6 rings (SSSR count). The molecule has 11 heteroatoms. The Hall–Kier alpha value is -3.89. The first kappa shape index (κ1) is 25.4. The normalized spacial score (nSPS) is 15.0. The number of rotatable bonds is 9. The Morgan fingerprint density at radius 1 is 1.15 bits per heavy atom. The lowest BCUT2D eigenvalue weighted by molar-refractivity contribution is -0.385. The second-order valence-electron chi connectivity index (χ2n) is 9.84. The van der Waals surface area contributed by atoms with E-state index in [0.29, 0.717) is 28.8 Å². The molecule has 2 aliphatic heterocycles. The minimum atomic E-state index is -0.460. The van der Waals surface area contributed by atoms with Crippen molar-refractivity contribution in [1.82, 2.24) is 19.4 Å². The molecular formula is C28H29ClN6O4. The van der Waals surface area contributed by atoms with Crippen molar-refractivity contribution in [3.63, 3.8) is 0 Å². The van der Waals surface area contributed by atoms with Crippen LogP contribution in [-0.4, -0.2) is 57.7 Å². The van der Waals surface area contributed by atoms with E-state index in [-0.39, 0.29) is 17.4 Å². The average molecular weight is 549 g/mol. The number of aromatic nitrogens is 3. The maximum atomic E-state index is 11.9. The molecule has 0 unspecified atom stereocenters. The maximum Gasteiger partial charge on any atom is 0.313 e. The third kappa shape index (κ3) is 4.97. The number of nitrogens with one attached hydrogen (secondary N) is 1. The average Bonchev–Trinajstić information content (AvgIpc) is 3.60. The van der Waals surface area contributed by atoms with Crippen LogP contribution in [0.5, 0.6) is 11.5 Å². The fourth-order valence-corrected chi connectivity index (χ4v) is 5.74. The Morgan fingerprint density at radius 3 is 2.79 bits per heavy atom. The summed E-state index contributed by atoms with van der Waals surface area (Å²) >= 11 is 6.59. The zero-order valence-corrected chi connectivity index (χ0v) is 22.4. The molecule has 39 heavy (non-hydrogen) atoms. The predicted molar refractivity (Wildman–Crippen MR) is 150 cm³/mol. The van der Waals surface area contributed by atoms with Crippen LogP contribution in [0.3, 0.4) is 0 Å². The first-order chi connectivity index (χ1) is 19.0. The molecule has 4 heterocycles. The van der Waals surface area contributed by atoms with Gasteiger partial charge in [-0.15, -0.1) is 0 Å². The van der Waals surface area contributed by atoms with Crippen molar-refractivity contribution < 1.29 is 14.4 Å². The van der Waals surface area contributed by atoms with E-state index in [0.717, 1.165) is 50.0 Å². The number of aryl methyl sites for hydroxylation is 2. The SMILES string of the molecule is COc1cc(OCCN2CCCC2)c([N+](=O)[O-])cc1Nc1ncc(Cl)c(-c2cn3c4c(cccc24)CCC3)n1. The van der Waals surface area contributed by atoms with Gasteiger partial charge in [0.1, 0.15) is 12.4 Å². The van der Waals surface area contributed by atoms with Crippen LogP contribution in [0.25, 0.3) is 22.2 Å². The standard InChI is InChI=1S/C28H29ClN6O4/c1-38-24-15-25(39-13-12-33-9-2-3-10-33)23(35(36)37)14-22(24)31-28-30-16-21(29)26(32-28)20-17-34-11-5-7-18-6-4-8-19(20)27(18)34/h4,6,8,14-17H,2-3,5,7,9-13H2,1H3,(H,30,31,32). The smallest absolute Gasteiger partial charge is 0.313 e. The highest BCUT2D eigenvalue weighted by atomic mass is 35.5. The molecule has 202 valence electrons. The van der Waals surface area contributed by atoms with Gasteiger partial charge < -0.3 is 19.4 Å². The quantitative estimate of drug-likeness (QED) is 0.205. The highest BCUT2D eigenvalue weighted by Crippen LogP contribution is 2.40. The second kappa shape index (κ2) is 10.7. The van der Waals surface area contributed by atoms with Crippen LogP contribution in [0, 0.1) is 10.1 Å². The van der Waals surface area contributed by atoms with Gasteiger partial charge in [0.25, 0.3) is 0 Å². The summed E-state index contributed by atoms with van der Waals surface area (Å²) in [5.74, 6) is 0.786. The number of para-hydroxylation sites is 1. The van der Waals surface area contributed by atoms with Crippen LogP contribution in [0.15, 0.2) is 42.7 Å². The molecule has 2 aromatic carbocycles. The minimum absolute atomic E-state index is 0.161. The largest absolute Gasteiger partial charge is 0.494 e. The van der Waals surface area contributed by atoms with Gasteiger partial charge in [0.15, 0.2) is 0 Å². The molecule has 2 aromatic heterocycles. The summed E-state index contributed by atoms with van der Waals surface area (Å²) in [5.41, 5.74) is 4.22. The summed E-state index contributed by atoms with van der Waals surface area (Å²) in [7, 11) is 1.50. The fraction of sp³-hybridized carbons (Fsp3) is 0.357. The summed E-state index contributed by atoms with van der Waals surface area (Å²) < 4.78 is 13.6. The molecule has 0 atom stereocenters. The molecule has 4 aromatic rings. The number of likely N-dealkylation sites (tertiary alicyclic amines) is 1. The van der Waals surface area contributed by atoms with Crippen molar-refractivity contribution in [2.24, 2.45) is 0 Å². The molecule has 0 radical (unpaired) electrons. The zero-order chi connectivity index (χ0) is 26.9. The number of ether oxygens (including phenoxy) is 2. The molecule has 1 N–H and O–H groups in total. The summed E-state index contributed by atoms with van der Waals surface area (Å²) in [6.07, 6.45) is 8.10. The van der Waals surface area contributed by atoms with Crippen LogP contribution in [0.1, 0.15) is 24.8 Å². The predicted octanol–water partition coefficient (Wildman–Crippen LogP) is 5.83. The number of nitro benzene ring substituents is 1. The molecule has 0 spiro atoms. The van der Waals surface area contributed by atoms with Gasteiger partial charge in [-0.3, -0.25) is 15.0 Å². The minimum Gasteiger partial charge on any atom is -0.494 e. The van der Waals surface area contributed by atoms with Crippen LogP contribution in [-0.2, 0) is 13.0 Å². The second-order valence-corrected chi connectivity index (χ2v) is 10.2. The summed E-state index contributed by atoms with van der Waals surface area (Å²) in [5, 5.41) is 16.5. The van der Waals surface area contributed by atoms with Gasteiger partial charge in [0.05, 0.1) is 40.2 Å². The number of hydrogen-bond acceptors (Lipinski definition) is 8. The molecule has 0 saturated carbocycles. The van der Waals surface area contributed by atoms with E-state index in [1.54, 1.807) is 0 Å². The fourth-order valence-electron chi connectivity index (χ4n) is 5.55. The lowest BCUT2D eigenvalue weighted by Crippen LogP contribution is -2.25. The van der Waals surface area contributed by atoms with Crippen LogP contribution in [0.4, 0.5) is 17.3 Å². The molecule has 0 aliphatic carbocycles. The van der Waals surface area contributed by atoms with E-state index in [2.05, 4.69) is 44.2 Å². The molecular weight excluding hydrogens is 520 g/mol. The Labute approximate surface area is 230 Å². The van der Waals surface area contributed by atoms with Crippen LogP contribution >= 0.6 is 11.6 Å². The molecule has 0 bridgehead atoms. The molecule has 10 nitrogen and oxygen atoms in total. The van der Waals surface area contributed by atoms with E-state index in [1.165, 1.54) is 49.4 Å². The molecule has 2 aliphatic rings. The van der Waals surface area contributed by atoms with Gasteiger partial charge in [-0.1, -0.05) is 29.8 Å². The van der Waals surface area contributed by atoms with Crippen molar-refractivity contribution in [2.75, 3.05) is 38.7 Å². The summed E-state index contributed by atoms with van der Waals surface area (Å²) in [6.45, 7) is 4.08. The Morgan fingerprint density at radius 2 is 2.00 bits per heavy atom.